The van der Waals surface area contributed by atoms with E-state index in [9.17, 15) is 9.90 Å². The third kappa shape index (κ3) is 5.04. The molecule has 0 radical (unpaired) electrons. The molecular weight excluding hydrogens is 254 g/mol. The molecule has 0 aromatic carbocycles. The van der Waals surface area contributed by atoms with Gasteiger partial charge in [-0.05, 0) is 32.2 Å². The fraction of sp³-hybridized carbons (Fsp3) is 0.933. The molecule has 0 aromatic heterocycles. The molecule has 5 heteroatoms. The third-order valence-corrected chi connectivity index (χ3v) is 4.37. The van der Waals surface area contributed by atoms with Crippen LogP contribution in [0.3, 0.4) is 0 Å². The first-order chi connectivity index (χ1) is 9.79. The standard InChI is InChI=1S/C15H29N3O2/c19-11-10-17(12-14-6-5-7-16-14)13-15(20)18-8-3-1-2-4-9-18/h14,16,19H,1-13H2. The van der Waals surface area contributed by atoms with Crippen molar-refractivity contribution in [2.24, 2.45) is 0 Å². The molecule has 2 N–H and O–H groups in total. The SMILES string of the molecule is O=C(CN(CCO)CC1CCCN1)N1CCCCCC1. The molecule has 1 atom stereocenters. The normalized spacial score (nSPS) is 24.1. The van der Waals surface area contributed by atoms with Gasteiger partial charge in [0.15, 0.2) is 0 Å². The van der Waals surface area contributed by atoms with Crippen LogP contribution >= 0.6 is 0 Å². The summed E-state index contributed by atoms with van der Waals surface area (Å²) < 4.78 is 0. The highest BCUT2D eigenvalue weighted by atomic mass is 16.3. The van der Waals surface area contributed by atoms with Crippen LogP contribution in [0.25, 0.3) is 0 Å². The highest BCUT2D eigenvalue weighted by Crippen LogP contribution is 2.11. The lowest BCUT2D eigenvalue weighted by atomic mass is 10.2. The van der Waals surface area contributed by atoms with E-state index in [2.05, 4.69) is 10.2 Å². The van der Waals surface area contributed by atoms with E-state index in [0.29, 0.717) is 19.1 Å². The minimum atomic E-state index is 0.125. The van der Waals surface area contributed by atoms with Crippen LogP contribution in [0.4, 0.5) is 0 Å². The van der Waals surface area contributed by atoms with Gasteiger partial charge in [-0.1, -0.05) is 12.8 Å². The Bertz CT molecular complexity index is 285. The maximum atomic E-state index is 12.4. The highest BCUT2D eigenvalue weighted by Gasteiger charge is 2.22. The van der Waals surface area contributed by atoms with Crippen LogP contribution in [-0.2, 0) is 4.79 Å². The summed E-state index contributed by atoms with van der Waals surface area (Å²) in [6.45, 7) is 4.95. The molecular formula is C15H29N3O2. The summed E-state index contributed by atoms with van der Waals surface area (Å²) in [4.78, 5) is 16.5. The van der Waals surface area contributed by atoms with Crippen LogP contribution in [0.5, 0.6) is 0 Å². The second-order valence-electron chi connectivity index (χ2n) is 6.05. The first-order valence-electron chi connectivity index (χ1n) is 8.14. The fourth-order valence-corrected chi connectivity index (χ4v) is 3.21. The van der Waals surface area contributed by atoms with Gasteiger partial charge in [0.05, 0.1) is 13.2 Å². The van der Waals surface area contributed by atoms with Crippen LogP contribution in [0.1, 0.15) is 38.5 Å². The van der Waals surface area contributed by atoms with Crippen molar-refractivity contribution in [1.82, 2.24) is 15.1 Å². The number of amides is 1. The average Bonchev–Trinajstić information content (AvgIpc) is 2.78. The molecule has 0 spiro atoms. The first kappa shape index (κ1) is 15.7. The molecule has 20 heavy (non-hydrogen) atoms. The Morgan fingerprint density at radius 1 is 1.20 bits per heavy atom. The molecule has 1 unspecified atom stereocenters. The number of carbonyl (C=O) groups is 1. The average molecular weight is 283 g/mol. The van der Waals surface area contributed by atoms with Gasteiger partial charge in [-0.15, -0.1) is 0 Å². The molecule has 2 fully saturated rings. The first-order valence-corrected chi connectivity index (χ1v) is 8.14. The number of aliphatic hydroxyl groups excluding tert-OH is 1. The number of hydrogen-bond donors (Lipinski definition) is 2. The van der Waals surface area contributed by atoms with Crippen molar-refractivity contribution in [2.45, 2.75) is 44.6 Å². The second-order valence-corrected chi connectivity index (χ2v) is 6.05. The molecule has 0 aromatic rings. The van der Waals surface area contributed by atoms with Gasteiger partial charge in [-0.3, -0.25) is 9.69 Å². The Morgan fingerprint density at radius 2 is 1.95 bits per heavy atom. The van der Waals surface area contributed by atoms with Crippen molar-refractivity contribution in [2.75, 3.05) is 45.9 Å². The van der Waals surface area contributed by atoms with Gasteiger partial charge in [0.25, 0.3) is 0 Å². The van der Waals surface area contributed by atoms with Gasteiger partial charge in [0, 0.05) is 32.2 Å². The molecule has 2 heterocycles. The molecule has 2 aliphatic rings. The van der Waals surface area contributed by atoms with E-state index in [1.165, 1.54) is 25.7 Å². The number of aliphatic hydroxyl groups is 1. The summed E-state index contributed by atoms with van der Waals surface area (Å²) >= 11 is 0. The summed E-state index contributed by atoms with van der Waals surface area (Å²) in [5, 5.41) is 12.7. The van der Waals surface area contributed by atoms with Crippen LogP contribution in [0, 0.1) is 0 Å². The van der Waals surface area contributed by atoms with Gasteiger partial charge in [-0.25, -0.2) is 0 Å². The van der Waals surface area contributed by atoms with Crippen molar-refractivity contribution < 1.29 is 9.90 Å². The topological polar surface area (TPSA) is 55.8 Å². The number of nitrogens with one attached hydrogen (secondary N) is 1. The van der Waals surface area contributed by atoms with Crippen molar-refractivity contribution >= 4 is 5.91 Å². The van der Waals surface area contributed by atoms with Crippen LogP contribution < -0.4 is 5.32 Å². The zero-order valence-corrected chi connectivity index (χ0v) is 12.5. The zero-order chi connectivity index (χ0) is 14.2. The molecule has 0 aliphatic carbocycles. The van der Waals surface area contributed by atoms with Crippen LogP contribution in [0.2, 0.25) is 0 Å². The number of carbonyl (C=O) groups excluding carboxylic acids is 1. The number of nitrogens with zero attached hydrogens (tertiary/aromatic N) is 2. The summed E-state index contributed by atoms with van der Waals surface area (Å²) in [6, 6.07) is 0.485. The van der Waals surface area contributed by atoms with Gasteiger partial charge >= 0.3 is 0 Å². The largest absolute Gasteiger partial charge is 0.395 e. The Labute approximate surface area is 122 Å². The zero-order valence-electron chi connectivity index (χ0n) is 12.5. The minimum Gasteiger partial charge on any atom is -0.395 e. The van der Waals surface area contributed by atoms with Gasteiger partial charge < -0.3 is 15.3 Å². The maximum Gasteiger partial charge on any atom is 0.236 e. The van der Waals surface area contributed by atoms with Gasteiger partial charge in [0.2, 0.25) is 5.91 Å². The molecule has 5 nitrogen and oxygen atoms in total. The Morgan fingerprint density at radius 3 is 2.55 bits per heavy atom. The molecule has 2 saturated heterocycles. The van der Waals surface area contributed by atoms with Crippen molar-refractivity contribution in [3.63, 3.8) is 0 Å². The highest BCUT2D eigenvalue weighted by molar-refractivity contribution is 5.78. The second kappa shape index (κ2) is 8.60. The summed E-state index contributed by atoms with van der Waals surface area (Å²) in [5.74, 6) is 0.235. The van der Waals surface area contributed by atoms with E-state index in [-0.39, 0.29) is 12.5 Å². The van der Waals surface area contributed by atoms with Crippen molar-refractivity contribution in [3.8, 4) is 0 Å². The number of hydrogen-bond acceptors (Lipinski definition) is 4. The minimum absolute atomic E-state index is 0.125. The Hall–Kier alpha value is -0.650. The van der Waals surface area contributed by atoms with E-state index < -0.39 is 0 Å². The predicted octanol–water partition coefficient (Wildman–Crippen LogP) is 0.435. The van der Waals surface area contributed by atoms with E-state index in [1.54, 1.807) is 0 Å². The summed E-state index contributed by atoms with van der Waals surface area (Å²) in [6.07, 6.45) is 7.16. The number of likely N-dealkylation sites (tertiary alicyclic amines) is 1. The Balaban J connectivity index is 1.80. The molecule has 116 valence electrons. The van der Waals surface area contributed by atoms with Gasteiger partial charge in [-0.2, -0.15) is 0 Å². The molecule has 1 amide bonds. The lowest BCUT2D eigenvalue weighted by Gasteiger charge is -2.28. The van der Waals surface area contributed by atoms with Crippen molar-refractivity contribution in [3.05, 3.63) is 0 Å². The fourth-order valence-electron chi connectivity index (χ4n) is 3.21. The Kier molecular flexibility index (Phi) is 6.76. The van der Waals surface area contributed by atoms with E-state index >= 15 is 0 Å². The quantitative estimate of drug-likeness (QED) is 0.742. The lowest BCUT2D eigenvalue weighted by Crippen LogP contribution is -2.45. The van der Waals surface area contributed by atoms with Crippen LogP contribution in [-0.4, -0.2) is 72.7 Å². The monoisotopic (exact) mass is 283 g/mol. The van der Waals surface area contributed by atoms with E-state index in [0.717, 1.165) is 39.0 Å². The molecule has 2 aliphatic heterocycles. The number of rotatable bonds is 6. The van der Waals surface area contributed by atoms with Crippen LogP contribution in [0.15, 0.2) is 0 Å². The smallest absolute Gasteiger partial charge is 0.236 e. The van der Waals surface area contributed by atoms with E-state index in [1.807, 2.05) is 4.90 Å². The predicted molar refractivity (Wildman–Crippen MR) is 79.6 cm³/mol. The molecule has 0 bridgehead atoms. The maximum absolute atomic E-state index is 12.4. The third-order valence-electron chi connectivity index (χ3n) is 4.37. The van der Waals surface area contributed by atoms with E-state index in [4.69, 9.17) is 0 Å². The molecule has 0 saturated carbocycles. The van der Waals surface area contributed by atoms with Gasteiger partial charge in [0.1, 0.15) is 0 Å². The lowest BCUT2D eigenvalue weighted by molar-refractivity contribution is -0.132. The summed E-state index contributed by atoms with van der Waals surface area (Å²) in [5.41, 5.74) is 0. The molecule has 2 rings (SSSR count). The van der Waals surface area contributed by atoms with Crippen molar-refractivity contribution in [1.29, 1.82) is 0 Å². The summed E-state index contributed by atoms with van der Waals surface area (Å²) in [7, 11) is 0.